The average Bonchev–Trinajstić information content (AvgIpc) is 3.33. The summed E-state index contributed by atoms with van der Waals surface area (Å²) in [6.45, 7) is 0.197. The van der Waals surface area contributed by atoms with E-state index in [9.17, 15) is 9.90 Å². The molecule has 2 N–H and O–H groups in total. The number of aliphatic hydroxyl groups excluding tert-OH is 1. The van der Waals surface area contributed by atoms with Gasteiger partial charge in [-0.05, 0) is 36.6 Å². The van der Waals surface area contributed by atoms with Crippen molar-refractivity contribution < 1.29 is 9.90 Å². The molecule has 1 saturated carbocycles. The molecule has 1 heterocycles. The lowest BCUT2D eigenvalue weighted by Gasteiger charge is -2.29. The molecule has 1 aromatic heterocycles. The number of hydrogen-bond acceptors (Lipinski definition) is 2. The Morgan fingerprint density at radius 2 is 1.86 bits per heavy atom. The second kappa shape index (κ2) is 7.61. The molecule has 1 atom stereocenters. The zero-order valence-corrected chi connectivity index (χ0v) is 16.7. The molecule has 0 spiro atoms. The molecule has 3 aromatic rings. The van der Waals surface area contributed by atoms with Gasteiger partial charge in [-0.2, -0.15) is 0 Å². The second-order valence-corrected chi connectivity index (χ2v) is 8.17. The zero-order valence-electron chi connectivity index (χ0n) is 16.0. The van der Waals surface area contributed by atoms with Crippen LogP contribution in [0.1, 0.15) is 42.9 Å². The number of nitrogens with zero attached hydrogens (tertiary/aromatic N) is 1. The summed E-state index contributed by atoms with van der Waals surface area (Å²) in [7, 11) is 1.96. The van der Waals surface area contributed by atoms with Gasteiger partial charge in [0.1, 0.15) is 0 Å². The van der Waals surface area contributed by atoms with E-state index in [0.29, 0.717) is 5.02 Å². The summed E-state index contributed by atoms with van der Waals surface area (Å²) in [6, 6.07) is 15.6. The summed E-state index contributed by atoms with van der Waals surface area (Å²) in [4.78, 5) is 13.2. The first-order chi connectivity index (χ1) is 13.5. The van der Waals surface area contributed by atoms with Crippen LogP contribution in [0, 0.1) is 0 Å². The topological polar surface area (TPSA) is 54.3 Å². The third kappa shape index (κ3) is 3.31. The van der Waals surface area contributed by atoms with Crippen LogP contribution < -0.4 is 5.32 Å². The molecule has 0 bridgehead atoms. The normalized spacial score (nSPS) is 17.0. The molecule has 0 radical (unpaired) electrons. The van der Waals surface area contributed by atoms with Gasteiger partial charge in [0, 0.05) is 41.3 Å². The predicted octanol–water partition coefficient (Wildman–Crippen LogP) is 4.49. The Bertz CT molecular complexity index is 988. The van der Waals surface area contributed by atoms with E-state index < -0.39 is 11.5 Å². The van der Waals surface area contributed by atoms with Crippen molar-refractivity contribution >= 4 is 28.4 Å². The highest BCUT2D eigenvalue weighted by atomic mass is 35.5. The number of aryl methyl sites for hydroxylation is 1. The molecule has 28 heavy (non-hydrogen) atoms. The Hall–Kier alpha value is -2.30. The molecule has 1 amide bonds. The maximum absolute atomic E-state index is 13.2. The molecular weight excluding hydrogens is 372 g/mol. The van der Waals surface area contributed by atoms with Crippen molar-refractivity contribution in [2.75, 3.05) is 6.54 Å². The molecule has 0 aliphatic heterocycles. The largest absolute Gasteiger partial charge is 0.386 e. The van der Waals surface area contributed by atoms with Gasteiger partial charge in [0.2, 0.25) is 5.91 Å². The van der Waals surface area contributed by atoms with Crippen molar-refractivity contribution in [2.45, 2.75) is 37.2 Å². The van der Waals surface area contributed by atoms with Gasteiger partial charge in [0.25, 0.3) is 0 Å². The number of carbonyl (C=O) groups excluding carboxylic acids is 1. The van der Waals surface area contributed by atoms with Crippen LogP contribution in [-0.4, -0.2) is 22.1 Å². The molecular formula is C23H25ClN2O2. The third-order valence-electron chi connectivity index (χ3n) is 6.03. The first-order valence-corrected chi connectivity index (χ1v) is 10.2. The van der Waals surface area contributed by atoms with E-state index in [0.717, 1.165) is 47.7 Å². The zero-order chi connectivity index (χ0) is 19.7. The van der Waals surface area contributed by atoms with Gasteiger partial charge >= 0.3 is 0 Å². The lowest BCUT2D eigenvalue weighted by atomic mass is 9.78. The molecule has 4 rings (SSSR count). The van der Waals surface area contributed by atoms with Crippen LogP contribution in [0.25, 0.3) is 10.9 Å². The highest BCUT2D eigenvalue weighted by molar-refractivity contribution is 6.30. The fraction of sp³-hybridized carbons (Fsp3) is 0.348. The molecule has 1 fully saturated rings. The maximum Gasteiger partial charge on any atom is 0.230 e. The van der Waals surface area contributed by atoms with Gasteiger partial charge in [-0.3, -0.25) is 4.79 Å². The summed E-state index contributed by atoms with van der Waals surface area (Å²) in [6.07, 6.45) is 4.89. The summed E-state index contributed by atoms with van der Waals surface area (Å²) in [5.74, 6) is -0.00777. The van der Waals surface area contributed by atoms with Gasteiger partial charge < -0.3 is 15.0 Å². The van der Waals surface area contributed by atoms with Crippen LogP contribution in [0.3, 0.4) is 0 Å². The van der Waals surface area contributed by atoms with Crippen LogP contribution in [0.5, 0.6) is 0 Å². The summed E-state index contributed by atoms with van der Waals surface area (Å²) in [5.41, 5.74) is 2.39. The lowest BCUT2D eigenvalue weighted by Crippen LogP contribution is -2.44. The average molecular weight is 397 g/mol. The quantitative estimate of drug-likeness (QED) is 0.667. The molecule has 0 saturated heterocycles. The number of benzene rings is 2. The number of carbonyl (C=O) groups is 1. The monoisotopic (exact) mass is 396 g/mol. The van der Waals surface area contributed by atoms with E-state index in [4.69, 9.17) is 11.6 Å². The summed E-state index contributed by atoms with van der Waals surface area (Å²) >= 11 is 6.03. The van der Waals surface area contributed by atoms with Crippen molar-refractivity contribution in [1.82, 2.24) is 9.88 Å². The van der Waals surface area contributed by atoms with Crippen LogP contribution >= 0.6 is 11.6 Å². The molecule has 146 valence electrons. The second-order valence-electron chi connectivity index (χ2n) is 7.73. The van der Waals surface area contributed by atoms with Gasteiger partial charge in [-0.1, -0.05) is 54.8 Å². The first kappa shape index (κ1) is 19.0. The van der Waals surface area contributed by atoms with Gasteiger partial charge in [-0.15, -0.1) is 0 Å². The molecule has 2 aromatic carbocycles. The number of amides is 1. The molecule has 1 aliphatic rings. The van der Waals surface area contributed by atoms with Crippen LogP contribution in [0.4, 0.5) is 0 Å². The minimum Gasteiger partial charge on any atom is -0.386 e. The van der Waals surface area contributed by atoms with Crippen LogP contribution in [0.15, 0.2) is 54.7 Å². The Balaban J connectivity index is 1.53. The van der Waals surface area contributed by atoms with Gasteiger partial charge in [-0.25, -0.2) is 0 Å². The van der Waals surface area contributed by atoms with E-state index >= 15 is 0 Å². The number of halogens is 1. The Labute approximate surface area is 170 Å². The van der Waals surface area contributed by atoms with Crippen molar-refractivity contribution in [3.05, 3.63) is 70.9 Å². The van der Waals surface area contributed by atoms with E-state index in [2.05, 4.69) is 5.32 Å². The van der Waals surface area contributed by atoms with Crippen molar-refractivity contribution in [3.63, 3.8) is 0 Å². The van der Waals surface area contributed by atoms with Crippen LogP contribution in [-0.2, 0) is 17.3 Å². The molecule has 0 unspecified atom stereocenters. The smallest absolute Gasteiger partial charge is 0.230 e. The number of para-hydroxylation sites is 1. The number of fused-ring (bicyclic) bond motifs is 1. The van der Waals surface area contributed by atoms with E-state index in [1.807, 2.05) is 66.3 Å². The molecule has 1 aliphatic carbocycles. The van der Waals surface area contributed by atoms with Crippen molar-refractivity contribution in [2.24, 2.45) is 7.05 Å². The third-order valence-corrected chi connectivity index (χ3v) is 6.28. The first-order valence-electron chi connectivity index (χ1n) is 9.78. The standard InChI is InChI=1S/C23H25ClN2O2/c1-26-15-19(18-6-2-3-7-20(18)26)21(27)14-25-22(28)23(12-4-5-13-23)16-8-10-17(24)11-9-16/h2-3,6-11,15,21,27H,4-5,12-14H2,1H3,(H,25,28)/t21-/m1/s1. The minimum atomic E-state index is -0.751. The van der Waals surface area contributed by atoms with Crippen LogP contribution in [0.2, 0.25) is 5.02 Å². The van der Waals surface area contributed by atoms with Gasteiger partial charge in [0.15, 0.2) is 0 Å². The number of nitrogens with one attached hydrogen (secondary N) is 1. The highest BCUT2D eigenvalue weighted by Gasteiger charge is 2.42. The summed E-state index contributed by atoms with van der Waals surface area (Å²) < 4.78 is 2.00. The number of aromatic nitrogens is 1. The number of rotatable bonds is 5. The SMILES string of the molecule is Cn1cc([C@H](O)CNC(=O)C2(c3ccc(Cl)cc3)CCCC2)c2ccccc21. The lowest BCUT2D eigenvalue weighted by molar-refractivity contribution is -0.127. The molecule has 4 nitrogen and oxygen atoms in total. The minimum absolute atomic E-state index is 0.00777. The Morgan fingerprint density at radius 1 is 1.18 bits per heavy atom. The van der Waals surface area contributed by atoms with Crippen molar-refractivity contribution in [1.29, 1.82) is 0 Å². The van der Waals surface area contributed by atoms with E-state index in [-0.39, 0.29) is 12.5 Å². The summed E-state index contributed by atoms with van der Waals surface area (Å²) in [5, 5.41) is 15.5. The Kier molecular flexibility index (Phi) is 5.17. The van der Waals surface area contributed by atoms with Crippen molar-refractivity contribution in [3.8, 4) is 0 Å². The maximum atomic E-state index is 13.2. The van der Waals surface area contributed by atoms with E-state index in [1.54, 1.807) is 0 Å². The molecule has 5 heteroatoms. The number of aliphatic hydroxyl groups is 1. The fourth-order valence-corrected chi connectivity index (χ4v) is 4.63. The Morgan fingerprint density at radius 3 is 2.57 bits per heavy atom. The van der Waals surface area contributed by atoms with Gasteiger partial charge in [0.05, 0.1) is 11.5 Å². The predicted molar refractivity (Wildman–Crippen MR) is 112 cm³/mol. The van der Waals surface area contributed by atoms with E-state index in [1.165, 1.54) is 0 Å². The highest BCUT2D eigenvalue weighted by Crippen LogP contribution is 2.41. The number of hydrogen-bond donors (Lipinski definition) is 2. The fourth-order valence-electron chi connectivity index (χ4n) is 4.50.